The van der Waals surface area contributed by atoms with E-state index in [1.54, 1.807) is 0 Å². The Bertz CT molecular complexity index is 1150. The van der Waals surface area contributed by atoms with Crippen molar-refractivity contribution in [3.05, 3.63) is 131 Å². The van der Waals surface area contributed by atoms with Gasteiger partial charge < -0.3 is 14.8 Å². The Hall–Kier alpha value is -3.56. The summed E-state index contributed by atoms with van der Waals surface area (Å²) < 4.78 is 13.2. The molecule has 32 heavy (non-hydrogen) atoms. The van der Waals surface area contributed by atoms with Crippen molar-refractivity contribution in [1.82, 2.24) is 0 Å². The van der Waals surface area contributed by atoms with Gasteiger partial charge in [0.25, 0.3) is 0 Å². The number of hydrogen-bond acceptors (Lipinski definition) is 3. The monoisotopic (exact) mass is 421 g/mol. The van der Waals surface area contributed by atoms with Crippen LogP contribution >= 0.6 is 0 Å². The molecule has 0 unspecified atom stereocenters. The highest BCUT2D eigenvalue weighted by Crippen LogP contribution is 2.50. The fraction of sp³-hybridized carbons (Fsp3) is 0.172. The maximum absolute atomic E-state index is 7.09. The lowest BCUT2D eigenvalue weighted by molar-refractivity contribution is -0.0444. The van der Waals surface area contributed by atoms with Crippen LogP contribution in [0.25, 0.3) is 0 Å². The van der Waals surface area contributed by atoms with Gasteiger partial charge in [0.05, 0.1) is 6.10 Å². The summed E-state index contributed by atoms with van der Waals surface area (Å²) in [5.41, 5.74) is 4.54. The van der Waals surface area contributed by atoms with Crippen molar-refractivity contribution in [1.29, 1.82) is 0 Å². The third-order valence-corrected chi connectivity index (χ3v) is 5.81. The van der Waals surface area contributed by atoms with Crippen molar-refractivity contribution >= 4 is 5.69 Å². The van der Waals surface area contributed by atoms with Gasteiger partial charge in [-0.1, -0.05) is 97.1 Å². The van der Waals surface area contributed by atoms with Crippen LogP contribution in [0.3, 0.4) is 0 Å². The Morgan fingerprint density at radius 1 is 0.719 bits per heavy atom. The number of rotatable bonds is 5. The van der Waals surface area contributed by atoms with Gasteiger partial charge in [-0.2, -0.15) is 0 Å². The first-order valence-electron chi connectivity index (χ1n) is 11.1. The molecule has 0 fully saturated rings. The summed E-state index contributed by atoms with van der Waals surface area (Å²) in [4.78, 5) is 0. The van der Waals surface area contributed by atoms with Crippen LogP contribution in [0.1, 0.15) is 42.3 Å². The van der Waals surface area contributed by atoms with E-state index in [1.807, 2.05) is 44.2 Å². The summed E-state index contributed by atoms with van der Waals surface area (Å²) in [7, 11) is 0. The van der Waals surface area contributed by atoms with Crippen LogP contribution in [-0.2, 0) is 10.3 Å². The van der Waals surface area contributed by atoms with Gasteiger partial charge in [-0.15, -0.1) is 0 Å². The quantitative estimate of drug-likeness (QED) is 0.380. The summed E-state index contributed by atoms with van der Waals surface area (Å²) in [5.74, 6) is 0.828. The second-order valence-electron chi connectivity index (χ2n) is 8.31. The van der Waals surface area contributed by atoms with Crippen molar-refractivity contribution in [3.8, 4) is 5.75 Å². The van der Waals surface area contributed by atoms with Crippen molar-refractivity contribution in [2.45, 2.75) is 31.8 Å². The van der Waals surface area contributed by atoms with E-state index in [9.17, 15) is 0 Å². The molecule has 3 heteroatoms. The van der Waals surface area contributed by atoms with E-state index in [-0.39, 0.29) is 12.3 Å². The van der Waals surface area contributed by atoms with Crippen molar-refractivity contribution in [2.24, 2.45) is 0 Å². The smallest absolute Gasteiger partial charge is 0.159 e. The molecule has 3 nitrogen and oxygen atoms in total. The molecule has 4 aromatic rings. The van der Waals surface area contributed by atoms with E-state index in [4.69, 9.17) is 9.47 Å². The van der Waals surface area contributed by atoms with Gasteiger partial charge in [-0.05, 0) is 37.1 Å². The zero-order valence-electron chi connectivity index (χ0n) is 18.4. The summed E-state index contributed by atoms with van der Waals surface area (Å²) in [6, 6.07) is 37.4. The number of para-hydroxylation sites is 2. The predicted molar refractivity (Wildman–Crippen MR) is 129 cm³/mol. The molecule has 1 heterocycles. The molecule has 0 spiro atoms. The minimum Gasteiger partial charge on any atom is -0.491 e. The Labute approximate surface area is 189 Å². The van der Waals surface area contributed by atoms with E-state index in [0.717, 1.165) is 33.7 Å². The van der Waals surface area contributed by atoms with Gasteiger partial charge in [0.1, 0.15) is 11.4 Å². The van der Waals surface area contributed by atoms with Crippen molar-refractivity contribution in [3.63, 3.8) is 0 Å². The van der Waals surface area contributed by atoms with Crippen LogP contribution in [0.15, 0.2) is 109 Å². The van der Waals surface area contributed by atoms with Gasteiger partial charge >= 0.3 is 0 Å². The fourth-order valence-electron chi connectivity index (χ4n) is 4.49. The van der Waals surface area contributed by atoms with Crippen LogP contribution in [0.4, 0.5) is 5.69 Å². The van der Waals surface area contributed by atoms with E-state index in [2.05, 4.69) is 84.2 Å². The molecule has 1 aliphatic rings. The minimum atomic E-state index is -0.764. The molecule has 0 aromatic heterocycles. The zero-order valence-corrected chi connectivity index (χ0v) is 18.4. The molecular weight excluding hydrogens is 394 g/mol. The normalized spacial score (nSPS) is 16.8. The van der Waals surface area contributed by atoms with Gasteiger partial charge in [-0.25, -0.2) is 0 Å². The van der Waals surface area contributed by atoms with Crippen LogP contribution in [-0.4, -0.2) is 6.10 Å². The Kier molecular flexibility index (Phi) is 5.42. The fourth-order valence-corrected chi connectivity index (χ4v) is 4.49. The molecule has 1 atom stereocenters. The summed E-state index contributed by atoms with van der Waals surface area (Å²) in [5, 5.41) is 3.62. The SMILES string of the molecule is CC(C)Oc1ccccc1[C@@H]1Nc2ccccc2C(c2ccccc2)(c2ccccc2)O1. The van der Waals surface area contributed by atoms with Gasteiger partial charge in [0, 0.05) is 16.8 Å². The molecule has 1 N–H and O–H groups in total. The number of ether oxygens (including phenoxy) is 2. The molecule has 0 bridgehead atoms. The van der Waals surface area contributed by atoms with E-state index >= 15 is 0 Å². The number of fused-ring (bicyclic) bond motifs is 1. The second kappa shape index (κ2) is 8.52. The zero-order chi connectivity index (χ0) is 22.0. The lowest BCUT2D eigenvalue weighted by atomic mass is 9.78. The molecule has 0 saturated heterocycles. The largest absolute Gasteiger partial charge is 0.491 e. The number of nitrogens with one attached hydrogen (secondary N) is 1. The molecule has 1 aliphatic heterocycles. The van der Waals surface area contributed by atoms with E-state index in [1.165, 1.54) is 0 Å². The van der Waals surface area contributed by atoms with E-state index < -0.39 is 5.60 Å². The molecule has 0 amide bonds. The first-order chi connectivity index (χ1) is 15.7. The van der Waals surface area contributed by atoms with Gasteiger partial charge in [0.15, 0.2) is 6.23 Å². The Balaban J connectivity index is 1.74. The van der Waals surface area contributed by atoms with Crippen molar-refractivity contribution < 1.29 is 9.47 Å². The number of benzene rings is 4. The maximum Gasteiger partial charge on any atom is 0.159 e. The average Bonchev–Trinajstić information content (AvgIpc) is 2.84. The Morgan fingerprint density at radius 3 is 1.94 bits per heavy atom. The summed E-state index contributed by atoms with van der Waals surface area (Å²) in [6.07, 6.45) is -0.319. The minimum absolute atomic E-state index is 0.0695. The topological polar surface area (TPSA) is 30.5 Å². The molecule has 4 aromatic carbocycles. The molecule has 5 rings (SSSR count). The second-order valence-corrected chi connectivity index (χ2v) is 8.31. The highest BCUT2D eigenvalue weighted by atomic mass is 16.5. The number of hydrogen-bond donors (Lipinski definition) is 1. The molecule has 0 radical (unpaired) electrons. The number of anilines is 1. The first kappa shape index (κ1) is 20.3. The van der Waals surface area contributed by atoms with Crippen LogP contribution in [0, 0.1) is 0 Å². The van der Waals surface area contributed by atoms with Crippen LogP contribution in [0.5, 0.6) is 5.75 Å². The Morgan fingerprint density at radius 2 is 1.28 bits per heavy atom. The standard InChI is InChI=1S/C29H27NO2/c1-21(2)31-27-20-12-9-17-24(27)28-30-26-19-11-10-18-25(26)29(32-28,22-13-5-3-6-14-22)23-15-7-4-8-16-23/h3-21,28,30H,1-2H3/t28-/m1/s1. The lowest BCUT2D eigenvalue weighted by Gasteiger charge is -2.44. The first-order valence-corrected chi connectivity index (χ1v) is 11.1. The molecule has 160 valence electrons. The highest BCUT2D eigenvalue weighted by Gasteiger charge is 2.45. The highest BCUT2D eigenvalue weighted by molar-refractivity contribution is 5.64. The summed E-state index contributed by atoms with van der Waals surface area (Å²) in [6.45, 7) is 4.08. The van der Waals surface area contributed by atoms with Gasteiger partial charge in [-0.3, -0.25) is 0 Å². The van der Waals surface area contributed by atoms with E-state index in [0.29, 0.717) is 0 Å². The summed E-state index contributed by atoms with van der Waals surface area (Å²) >= 11 is 0. The average molecular weight is 422 g/mol. The van der Waals surface area contributed by atoms with Crippen LogP contribution in [0.2, 0.25) is 0 Å². The van der Waals surface area contributed by atoms with Crippen molar-refractivity contribution in [2.75, 3.05) is 5.32 Å². The molecule has 0 aliphatic carbocycles. The predicted octanol–water partition coefficient (Wildman–Crippen LogP) is 6.91. The maximum atomic E-state index is 7.09. The van der Waals surface area contributed by atoms with Crippen LogP contribution < -0.4 is 10.1 Å². The van der Waals surface area contributed by atoms with Gasteiger partial charge in [0.2, 0.25) is 0 Å². The third-order valence-electron chi connectivity index (χ3n) is 5.81. The third kappa shape index (κ3) is 3.55. The molecule has 0 saturated carbocycles. The lowest BCUT2D eigenvalue weighted by Crippen LogP contribution is -2.41. The molecular formula is C29H27NO2.